The first-order valence-corrected chi connectivity index (χ1v) is 5.12. The molecule has 0 bridgehead atoms. The zero-order valence-corrected chi connectivity index (χ0v) is 11.9. The van der Waals surface area contributed by atoms with Gasteiger partial charge in [-0.1, -0.05) is 32.0 Å². The predicted octanol–water partition coefficient (Wildman–Crippen LogP) is 5.25. The maximum absolute atomic E-state index is 11.9. The Morgan fingerprint density at radius 2 is 1.53 bits per heavy atom. The highest BCUT2D eigenvalue weighted by molar-refractivity contribution is 14.0. The van der Waals surface area contributed by atoms with E-state index in [9.17, 15) is 13.2 Å². The maximum atomic E-state index is 11.9. The van der Waals surface area contributed by atoms with Crippen molar-refractivity contribution in [2.24, 2.45) is 0 Å². The summed E-state index contributed by atoms with van der Waals surface area (Å²) in [5.41, 5.74) is -3.54. The Labute approximate surface area is 110 Å². The molecule has 1 aromatic carbocycles. The molecule has 0 N–H and O–H groups in total. The van der Waals surface area contributed by atoms with Crippen LogP contribution in [-0.4, -0.2) is 5.51 Å². The number of hydrogen-bond acceptors (Lipinski definition) is 1. The van der Waals surface area contributed by atoms with Crippen molar-refractivity contribution in [1.82, 2.24) is 0 Å². The van der Waals surface area contributed by atoms with Crippen LogP contribution in [0.15, 0.2) is 29.2 Å². The molecule has 0 heterocycles. The van der Waals surface area contributed by atoms with Crippen molar-refractivity contribution in [3.63, 3.8) is 0 Å². The minimum absolute atomic E-state index is 0. The van der Waals surface area contributed by atoms with Gasteiger partial charge in [0.25, 0.3) is 0 Å². The van der Waals surface area contributed by atoms with Crippen molar-refractivity contribution in [2.75, 3.05) is 0 Å². The molecule has 0 unspecified atom stereocenters. The predicted molar refractivity (Wildman–Crippen MR) is 69.9 cm³/mol. The fourth-order valence-electron chi connectivity index (χ4n) is 0.796. The van der Waals surface area contributed by atoms with Crippen molar-refractivity contribution in [2.45, 2.75) is 31.2 Å². The SMILES string of the molecule is CC.Cc1ccccc1SC(F)(F)F.I. The molecule has 0 spiro atoms. The number of halogens is 4. The monoisotopic (exact) mass is 350 g/mol. The van der Waals surface area contributed by atoms with Crippen LogP contribution in [0.2, 0.25) is 0 Å². The normalized spacial score (nSPS) is 9.73. The first kappa shape index (κ1) is 17.5. The van der Waals surface area contributed by atoms with Gasteiger partial charge in [0, 0.05) is 4.90 Å². The quantitative estimate of drug-likeness (QED) is 0.492. The van der Waals surface area contributed by atoms with Gasteiger partial charge in [0.05, 0.1) is 0 Å². The summed E-state index contributed by atoms with van der Waals surface area (Å²) in [6.45, 7) is 5.66. The third-order valence-electron chi connectivity index (χ3n) is 1.32. The van der Waals surface area contributed by atoms with Gasteiger partial charge in [-0.05, 0) is 30.3 Å². The highest BCUT2D eigenvalue weighted by atomic mass is 127. The highest BCUT2D eigenvalue weighted by Gasteiger charge is 2.29. The zero-order chi connectivity index (χ0) is 11.2. The van der Waals surface area contributed by atoms with E-state index in [-0.39, 0.29) is 40.6 Å². The Morgan fingerprint density at radius 1 is 1.07 bits per heavy atom. The van der Waals surface area contributed by atoms with Crippen LogP contribution in [0, 0.1) is 6.92 Å². The molecule has 1 rings (SSSR count). The molecule has 0 radical (unpaired) electrons. The van der Waals surface area contributed by atoms with Gasteiger partial charge < -0.3 is 0 Å². The largest absolute Gasteiger partial charge is 0.446 e. The van der Waals surface area contributed by atoms with Gasteiger partial charge in [0.1, 0.15) is 0 Å². The van der Waals surface area contributed by atoms with E-state index in [1.54, 1.807) is 25.1 Å². The molecule has 0 aromatic heterocycles. The second kappa shape index (κ2) is 8.27. The molecule has 0 fully saturated rings. The molecular weight excluding hydrogens is 336 g/mol. The lowest BCUT2D eigenvalue weighted by atomic mass is 10.2. The number of alkyl halides is 3. The minimum atomic E-state index is -4.19. The molecule has 0 atom stereocenters. The summed E-state index contributed by atoms with van der Waals surface area (Å²) in [6, 6.07) is 6.44. The number of hydrogen-bond donors (Lipinski definition) is 0. The van der Waals surface area contributed by atoms with E-state index in [1.165, 1.54) is 6.07 Å². The van der Waals surface area contributed by atoms with E-state index in [0.29, 0.717) is 5.56 Å². The lowest BCUT2D eigenvalue weighted by molar-refractivity contribution is -0.0328. The van der Waals surface area contributed by atoms with Gasteiger partial charge in [-0.3, -0.25) is 0 Å². The van der Waals surface area contributed by atoms with E-state index in [2.05, 4.69) is 0 Å². The fraction of sp³-hybridized carbons (Fsp3) is 0.400. The van der Waals surface area contributed by atoms with Gasteiger partial charge >= 0.3 is 5.51 Å². The average molecular weight is 350 g/mol. The fourth-order valence-corrected chi connectivity index (χ4v) is 1.42. The first-order chi connectivity index (χ1) is 6.49. The van der Waals surface area contributed by atoms with Crippen molar-refractivity contribution in [3.05, 3.63) is 29.8 Å². The molecule has 0 saturated heterocycles. The Bertz CT molecular complexity index is 274. The minimum Gasteiger partial charge on any atom is -0.160 e. The number of aryl methyl sites for hydroxylation is 1. The number of rotatable bonds is 1. The molecule has 0 saturated carbocycles. The Balaban J connectivity index is 0. The Hall–Kier alpha value is 0.0900. The van der Waals surface area contributed by atoms with Crippen LogP contribution < -0.4 is 0 Å². The van der Waals surface area contributed by atoms with Crippen molar-refractivity contribution < 1.29 is 13.2 Å². The van der Waals surface area contributed by atoms with Gasteiger partial charge in [-0.2, -0.15) is 13.2 Å². The summed E-state index contributed by atoms with van der Waals surface area (Å²) in [5.74, 6) is 0. The Morgan fingerprint density at radius 3 is 1.93 bits per heavy atom. The standard InChI is InChI=1S/C8H7F3S.C2H6.HI/c1-6-4-2-3-5-7(6)12-8(9,10)11;1-2;/h2-5H,1H3;1-2H3;1H. The van der Waals surface area contributed by atoms with Gasteiger partial charge in [-0.25, -0.2) is 0 Å². The lowest BCUT2D eigenvalue weighted by Gasteiger charge is -2.07. The van der Waals surface area contributed by atoms with E-state index in [0.717, 1.165) is 0 Å². The van der Waals surface area contributed by atoms with Crippen molar-refractivity contribution in [3.8, 4) is 0 Å². The van der Waals surface area contributed by atoms with E-state index in [4.69, 9.17) is 0 Å². The second-order valence-corrected chi connectivity index (χ2v) is 3.42. The molecule has 1 aromatic rings. The summed E-state index contributed by atoms with van der Waals surface area (Å²) < 4.78 is 35.7. The molecule has 88 valence electrons. The van der Waals surface area contributed by atoms with Gasteiger partial charge in [0.15, 0.2) is 0 Å². The second-order valence-electron chi connectivity index (χ2n) is 2.31. The topological polar surface area (TPSA) is 0 Å². The van der Waals surface area contributed by atoms with Crippen LogP contribution >= 0.6 is 35.7 Å². The third kappa shape index (κ3) is 7.96. The molecule has 0 aliphatic heterocycles. The molecule has 5 heteroatoms. The van der Waals surface area contributed by atoms with Crippen molar-refractivity contribution >= 4 is 35.7 Å². The summed E-state index contributed by atoms with van der Waals surface area (Å²) in [7, 11) is 0. The van der Waals surface area contributed by atoms with Crippen LogP contribution in [0.5, 0.6) is 0 Å². The number of thioether (sulfide) groups is 1. The van der Waals surface area contributed by atoms with Crippen LogP contribution in [-0.2, 0) is 0 Å². The van der Waals surface area contributed by atoms with Crippen LogP contribution in [0.3, 0.4) is 0 Å². The van der Waals surface area contributed by atoms with Crippen LogP contribution in [0.25, 0.3) is 0 Å². The summed E-state index contributed by atoms with van der Waals surface area (Å²) in [4.78, 5) is 0.269. The van der Waals surface area contributed by atoms with Gasteiger partial charge in [-0.15, -0.1) is 24.0 Å². The smallest absolute Gasteiger partial charge is 0.160 e. The highest BCUT2D eigenvalue weighted by Crippen LogP contribution is 2.37. The lowest BCUT2D eigenvalue weighted by Crippen LogP contribution is -1.99. The molecule has 0 aliphatic carbocycles. The Kier molecular flexibility index (Phi) is 9.63. The zero-order valence-electron chi connectivity index (χ0n) is 8.76. The summed E-state index contributed by atoms with van der Waals surface area (Å²) in [5, 5.41) is 0. The molecule has 0 aliphatic rings. The maximum Gasteiger partial charge on any atom is 0.446 e. The molecule has 0 amide bonds. The summed E-state index contributed by atoms with van der Waals surface area (Å²) in [6.07, 6.45) is 0. The first-order valence-electron chi connectivity index (χ1n) is 4.30. The van der Waals surface area contributed by atoms with E-state index in [1.807, 2.05) is 13.8 Å². The molecular formula is C10H14F3IS. The van der Waals surface area contributed by atoms with Crippen LogP contribution in [0.4, 0.5) is 13.2 Å². The third-order valence-corrected chi connectivity index (χ3v) is 2.23. The number of benzene rings is 1. The summed E-state index contributed by atoms with van der Waals surface area (Å²) >= 11 is -0.0726. The molecule has 0 nitrogen and oxygen atoms in total. The average Bonchev–Trinajstić information content (AvgIpc) is 2.10. The van der Waals surface area contributed by atoms with Gasteiger partial charge in [0.2, 0.25) is 0 Å². The van der Waals surface area contributed by atoms with E-state index < -0.39 is 5.51 Å². The van der Waals surface area contributed by atoms with Crippen molar-refractivity contribution in [1.29, 1.82) is 0 Å². The molecule has 15 heavy (non-hydrogen) atoms. The van der Waals surface area contributed by atoms with E-state index >= 15 is 0 Å². The van der Waals surface area contributed by atoms with Crippen LogP contribution in [0.1, 0.15) is 19.4 Å².